The van der Waals surface area contributed by atoms with Gasteiger partial charge in [0, 0.05) is 11.9 Å². The molecule has 2 aliphatic rings. The smallest absolute Gasteiger partial charge is 0.293 e. The molecule has 1 spiro atoms. The zero-order valence-corrected chi connectivity index (χ0v) is 21.3. The fourth-order valence-corrected chi connectivity index (χ4v) is 5.02. The number of aromatic amines is 1. The minimum atomic E-state index is -0.761. The van der Waals surface area contributed by atoms with Crippen molar-refractivity contribution >= 4 is 58.1 Å². The average Bonchev–Trinajstić information content (AvgIpc) is 3.35. The third kappa shape index (κ3) is 3.88. The monoisotopic (exact) mass is 532 g/mol. The first-order valence-electron chi connectivity index (χ1n) is 11.9. The van der Waals surface area contributed by atoms with Gasteiger partial charge >= 0.3 is 0 Å². The van der Waals surface area contributed by atoms with E-state index in [2.05, 4.69) is 37.5 Å². The molecule has 4 aromatic rings. The van der Waals surface area contributed by atoms with Gasteiger partial charge < -0.3 is 20.9 Å². The molecule has 1 saturated carbocycles. The van der Waals surface area contributed by atoms with E-state index < -0.39 is 11.2 Å². The van der Waals surface area contributed by atoms with Gasteiger partial charge in [-0.15, -0.1) is 12.4 Å². The van der Waals surface area contributed by atoms with Crippen LogP contribution in [0.15, 0.2) is 66.4 Å². The van der Waals surface area contributed by atoms with Crippen molar-refractivity contribution in [2.75, 3.05) is 15.6 Å². The van der Waals surface area contributed by atoms with Crippen LogP contribution >= 0.6 is 12.4 Å². The van der Waals surface area contributed by atoms with E-state index in [1.807, 2.05) is 17.1 Å². The number of rotatable bonds is 5. The van der Waals surface area contributed by atoms with E-state index >= 15 is 0 Å². The van der Waals surface area contributed by atoms with Gasteiger partial charge in [-0.25, -0.2) is 14.6 Å². The molecular formula is C26H25ClN8O3. The molecule has 1 aromatic carbocycles. The summed E-state index contributed by atoms with van der Waals surface area (Å²) in [5.41, 5.74) is 1.82. The van der Waals surface area contributed by atoms with E-state index in [-0.39, 0.29) is 35.6 Å². The summed E-state index contributed by atoms with van der Waals surface area (Å²) in [7, 11) is 0. The summed E-state index contributed by atoms with van der Waals surface area (Å²) in [6.45, 7) is 5.29. The number of pyridine rings is 1. The van der Waals surface area contributed by atoms with Crippen LogP contribution in [0.3, 0.4) is 0 Å². The lowest BCUT2D eigenvalue weighted by Crippen LogP contribution is -2.72. The number of hydrogen-bond donors (Lipinski definition) is 4. The lowest BCUT2D eigenvalue weighted by molar-refractivity contribution is -0.111. The summed E-state index contributed by atoms with van der Waals surface area (Å²) in [5, 5.41) is 11.6. The van der Waals surface area contributed by atoms with E-state index in [4.69, 9.17) is 0 Å². The molecule has 0 saturated heterocycles. The number of fused-ring (bicyclic) bond motifs is 2. The minimum Gasteiger partial charge on any atom is -0.346 e. The van der Waals surface area contributed by atoms with Gasteiger partial charge in [-0.1, -0.05) is 12.6 Å². The first kappa shape index (κ1) is 25.0. The molecule has 0 unspecified atom stereocenters. The average molecular weight is 533 g/mol. The van der Waals surface area contributed by atoms with Gasteiger partial charge in [0.15, 0.2) is 0 Å². The maximum atomic E-state index is 14.1. The fraction of sp³-hybridized carbons (Fsp3) is 0.192. The zero-order valence-electron chi connectivity index (χ0n) is 20.4. The fourth-order valence-electron chi connectivity index (χ4n) is 5.02. The number of benzene rings is 1. The van der Waals surface area contributed by atoms with Gasteiger partial charge in [0.05, 0.1) is 11.1 Å². The topological polar surface area (TPSA) is 137 Å². The Morgan fingerprint density at radius 2 is 2.00 bits per heavy atom. The van der Waals surface area contributed by atoms with Crippen LogP contribution in [-0.4, -0.2) is 37.1 Å². The predicted molar refractivity (Wildman–Crippen MR) is 147 cm³/mol. The number of amides is 2. The number of H-pyrrole nitrogens is 1. The molecule has 1 aliphatic heterocycles. The van der Waals surface area contributed by atoms with Crippen LogP contribution in [0.25, 0.3) is 11.0 Å². The van der Waals surface area contributed by atoms with E-state index in [1.54, 1.807) is 37.4 Å². The molecule has 38 heavy (non-hydrogen) atoms. The number of carbonyl (C=O) groups excluding carboxylic acids is 2. The van der Waals surface area contributed by atoms with Crippen LogP contribution in [0, 0.1) is 6.92 Å². The quantitative estimate of drug-likeness (QED) is 0.288. The molecule has 4 N–H and O–H groups in total. The van der Waals surface area contributed by atoms with Gasteiger partial charge in [-0.2, -0.15) is 0 Å². The summed E-state index contributed by atoms with van der Waals surface area (Å²) < 4.78 is 1.44. The highest BCUT2D eigenvalue weighted by Gasteiger charge is 2.50. The van der Waals surface area contributed by atoms with Crippen LogP contribution in [0.2, 0.25) is 0 Å². The summed E-state index contributed by atoms with van der Waals surface area (Å²) in [6.07, 6.45) is 6.59. The number of hydrogen-bond acceptors (Lipinski definition) is 7. The maximum absolute atomic E-state index is 14.1. The van der Waals surface area contributed by atoms with Crippen molar-refractivity contribution in [3.8, 4) is 0 Å². The van der Waals surface area contributed by atoms with Gasteiger partial charge in [0.1, 0.15) is 34.8 Å². The molecule has 1 aliphatic carbocycles. The third-order valence-corrected chi connectivity index (χ3v) is 6.87. The molecule has 194 valence electrons. The van der Waals surface area contributed by atoms with E-state index in [0.717, 1.165) is 11.8 Å². The molecule has 0 bridgehead atoms. The Hall–Kier alpha value is -4.64. The van der Waals surface area contributed by atoms with Crippen molar-refractivity contribution in [2.24, 2.45) is 0 Å². The summed E-state index contributed by atoms with van der Waals surface area (Å²) >= 11 is 0. The normalized spacial score (nSPS) is 15.2. The van der Waals surface area contributed by atoms with Crippen LogP contribution in [0.4, 0.5) is 22.9 Å². The van der Waals surface area contributed by atoms with Crippen LogP contribution in [0.1, 0.15) is 35.3 Å². The lowest BCUT2D eigenvalue weighted by atomic mass is 9.82. The van der Waals surface area contributed by atoms with E-state index in [1.165, 1.54) is 17.1 Å². The second-order valence-electron chi connectivity index (χ2n) is 9.19. The molecule has 0 radical (unpaired) electrons. The number of aromatic nitrogens is 4. The second-order valence-corrected chi connectivity index (χ2v) is 9.19. The molecular weight excluding hydrogens is 508 g/mol. The molecule has 12 heteroatoms. The minimum absolute atomic E-state index is 0. The van der Waals surface area contributed by atoms with Crippen LogP contribution in [-0.2, 0) is 4.79 Å². The zero-order chi connectivity index (χ0) is 25.7. The van der Waals surface area contributed by atoms with Crippen molar-refractivity contribution in [3.63, 3.8) is 0 Å². The van der Waals surface area contributed by atoms with Gasteiger partial charge in [0.25, 0.3) is 11.5 Å². The SMILES string of the molecule is C=CC(=O)Nc1cccc(N2n3c(c(C)cc(Nc4ncnc5[nH]ccc45)c3=O)C(=O)NC23CCC3)c1.Cl. The largest absolute Gasteiger partial charge is 0.346 e. The molecule has 2 amide bonds. The second kappa shape index (κ2) is 9.34. The Labute approximate surface area is 223 Å². The van der Waals surface area contributed by atoms with Gasteiger partial charge in [0.2, 0.25) is 5.91 Å². The number of anilines is 4. The number of aryl methyl sites for hydroxylation is 1. The van der Waals surface area contributed by atoms with Crippen molar-refractivity contribution in [1.29, 1.82) is 0 Å². The third-order valence-electron chi connectivity index (χ3n) is 6.87. The number of nitrogens with zero attached hydrogens (tertiary/aromatic N) is 4. The van der Waals surface area contributed by atoms with Gasteiger partial charge in [-0.3, -0.25) is 19.4 Å². The standard InChI is InChI=1S/C26H24N8O3.ClH/c1-3-20(35)30-16-6-4-7-17(13-16)34-26(9-5-10-26)32-24(36)21-15(2)12-19(25(37)33(21)34)31-23-18-8-11-27-22(18)28-14-29-23;/h3-4,6-8,11-14H,1,5,9-10H2,2H3,(H,30,35)(H,32,36)(H2,27,28,29,31);1H. The van der Waals surface area contributed by atoms with E-state index in [9.17, 15) is 14.4 Å². The van der Waals surface area contributed by atoms with Crippen LogP contribution < -0.4 is 26.5 Å². The summed E-state index contributed by atoms with van der Waals surface area (Å²) in [5.74, 6) is -0.172. The highest BCUT2D eigenvalue weighted by atomic mass is 35.5. The number of halogens is 1. The molecule has 6 rings (SSSR count). The van der Waals surface area contributed by atoms with Crippen molar-refractivity contribution < 1.29 is 9.59 Å². The van der Waals surface area contributed by atoms with Crippen molar-refractivity contribution in [3.05, 3.63) is 83.2 Å². The maximum Gasteiger partial charge on any atom is 0.293 e. The lowest BCUT2D eigenvalue weighted by Gasteiger charge is -2.54. The van der Waals surface area contributed by atoms with Crippen LogP contribution in [0.5, 0.6) is 0 Å². The summed E-state index contributed by atoms with van der Waals surface area (Å²) in [4.78, 5) is 50.8. The Morgan fingerprint density at radius 1 is 1.18 bits per heavy atom. The Bertz CT molecular complexity index is 1660. The highest BCUT2D eigenvalue weighted by molar-refractivity contribution is 5.99. The molecule has 0 atom stereocenters. The Morgan fingerprint density at radius 3 is 2.74 bits per heavy atom. The van der Waals surface area contributed by atoms with E-state index in [0.29, 0.717) is 41.2 Å². The number of nitrogens with one attached hydrogen (secondary N) is 4. The van der Waals surface area contributed by atoms with Crippen molar-refractivity contribution in [2.45, 2.75) is 31.8 Å². The number of carbonyl (C=O) groups is 2. The first-order valence-corrected chi connectivity index (χ1v) is 11.9. The highest BCUT2D eigenvalue weighted by Crippen LogP contribution is 2.42. The molecule has 4 heterocycles. The molecule has 1 fully saturated rings. The Balaban J connectivity index is 0.00000294. The summed E-state index contributed by atoms with van der Waals surface area (Å²) in [6, 6.07) is 10.7. The molecule has 3 aromatic heterocycles. The van der Waals surface area contributed by atoms with Gasteiger partial charge in [-0.05, 0) is 68.2 Å². The molecule has 11 nitrogen and oxygen atoms in total. The Kier molecular flexibility index (Phi) is 6.15. The predicted octanol–water partition coefficient (Wildman–Crippen LogP) is 3.61. The van der Waals surface area contributed by atoms with Crippen molar-refractivity contribution in [1.82, 2.24) is 24.9 Å². The first-order chi connectivity index (χ1) is 17.9.